The molecule has 0 aliphatic heterocycles. The van der Waals surface area contributed by atoms with Gasteiger partial charge in [-0.3, -0.25) is 14.4 Å². The summed E-state index contributed by atoms with van der Waals surface area (Å²) in [6.07, 6.45) is -0.727. The topological polar surface area (TPSA) is 81.9 Å². The van der Waals surface area contributed by atoms with Gasteiger partial charge in [-0.1, -0.05) is 60.7 Å². The van der Waals surface area contributed by atoms with E-state index in [2.05, 4.69) is 0 Å². The van der Waals surface area contributed by atoms with Crippen LogP contribution >= 0.6 is 0 Å². The Hall–Kier alpha value is -2.70. The summed E-state index contributed by atoms with van der Waals surface area (Å²) < 4.78 is 5.13. The largest absolute Gasteiger partial charge is 0.452 e. The van der Waals surface area contributed by atoms with E-state index in [0.717, 1.165) is 11.1 Å². The van der Waals surface area contributed by atoms with Crippen molar-refractivity contribution >= 4 is 11.9 Å². The number of amides is 1. The van der Waals surface area contributed by atoms with Crippen molar-refractivity contribution in [3.63, 3.8) is 0 Å². The van der Waals surface area contributed by atoms with Crippen molar-refractivity contribution in [1.29, 1.82) is 0 Å². The van der Waals surface area contributed by atoms with Crippen LogP contribution in [0.15, 0.2) is 60.7 Å². The molecule has 0 saturated heterocycles. The van der Waals surface area contributed by atoms with Crippen molar-refractivity contribution in [3.8, 4) is 0 Å². The average molecular weight is 356 g/mol. The van der Waals surface area contributed by atoms with Gasteiger partial charge < -0.3 is 10.5 Å². The third kappa shape index (κ3) is 6.31. The maximum Gasteiger partial charge on any atom is 0.303 e. The van der Waals surface area contributed by atoms with Gasteiger partial charge in [0.1, 0.15) is 6.61 Å². The molecule has 2 N–H and O–H groups in total. The van der Waals surface area contributed by atoms with Crippen LogP contribution in [0.25, 0.3) is 0 Å². The van der Waals surface area contributed by atoms with Crippen LogP contribution in [0.3, 0.4) is 0 Å². The summed E-state index contributed by atoms with van der Waals surface area (Å²) in [5.41, 5.74) is 7.40. The molecule has 0 heterocycles. The van der Waals surface area contributed by atoms with Crippen LogP contribution in [0, 0.1) is 0 Å². The van der Waals surface area contributed by atoms with Gasteiger partial charge in [-0.2, -0.15) is 0 Å². The van der Waals surface area contributed by atoms with Crippen molar-refractivity contribution in [2.24, 2.45) is 5.73 Å². The number of esters is 1. The molecule has 2 aromatic carbocycles. The first-order valence-electron chi connectivity index (χ1n) is 8.49. The second kappa shape index (κ2) is 10.3. The lowest BCUT2D eigenvalue weighted by atomic mass is 10.2. The van der Waals surface area contributed by atoms with E-state index in [9.17, 15) is 9.59 Å². The third-order valence-electron chi connectivity index (χ3n) is 3.66. The lowest BCUT2D eigenvalue weighted by Gasteiger charge is -2.26. The summed E-state index contributed by atoms with van der Waals surface area (Å²) in [7, 11) is 0. The number of hydrogen-bond donors (Lipinski definition) is 1. The summed E-state index contributed by atoms with van der Waals surface area (Å²) in [4.78, 5) is 29.9. The summed E-state index contributed by atoms with van der Waals surface area (Å²) in [5.74, 6) is -0.954. The van der Waals surface area contributed by atoms with Crippen molar-refractivity contribution in [2.45, 2.75) is 32.6 Å². The van der Waals surface area contributed by atoms with Gasteiger partial charge in [0.15, 0.2) is 6.10 Å². The quantitative estimate of drug-likeness (QED) is 0.551. The maximum absolute atomic E-state index is 12.9. The molecule has 0 bridgehead atoms. The molecule has 0 aromatic heterocycles. The molecule has 0 spiro atoms. The lowest BCUT2D eigenvalue weighted by Crippen LogP contribution is -2.41. The predicted molar refractivity (Wildman–Crippen MR) is 97.4 cm³/mol. The normalized spacial score (nSPS) is 11.6. The van der Waals surface area contributed by atoms with E-state index in [4.69, 9.17) is 15.3 Å². The molecule has 138 valence electrons. The Balaban J connectivity index is 2.14. The highest BCUT2D eigenvalue weighted by molar-refractivity contribution is 5.82. The van der Waals surface area contributed by atoms with E-state index in [-0.39, 0.29) is 26.1 Å². The number of carbonyl (C=O) groups is 2. The highest BCUT2D eigenvalue weighted by atomic mass is 16.7. The van der Waals surface area contributed by atoms with E-state index < -0.39 is 18.0 Å². The van der Waals surface area contributed by atoms with E-state index >= 15 is 0 Å². The van der Waals surface area contributed by atoms with Crippen LogP contribution < -0.4 is 5.73 Å². The van der Waals surface area contributed by atoms with Crippen LogP contribution in [-0.4, -0.2) is 29.6 Å². The highest BCUT2D eigenvalue weighted by Gasteiger charge is 2.27. The summed E-state index contributed by atoms with van der Waals surface area (Å²) >= 11 is 0. The number of hydrogen-bond acceptors (Lipinski definition) is 5. The Labute approximate surface area is 153 Å². The SMILES string of the molecule is CC(=O)OC(CCN)C(=O)N(Cc1ccccc1)OCc1ccccc1. The number of hydroxylamine groups is 2. The Kier molecular flexibility index (Phi) is 7.79. The monoisotopic (exact) mass is 356 g/mol. The molecule has 26 heavy (non-hydrogen) atoms. The fourth-order valence-electron chi connectivity index (χ4n) is 2.41. The van der Waals surface area contributed by atoms with Crippen LogP contribution in [0.4, 0.5) is 0 Å². The van der Waals surface area contributed by atoms with Crippen LogP contribution in [0.5, 0.6) is 0 Å². The smallest absolute Gasteiger partial charge is 0.303 e. The second-order valence-corrected chi connectivity index (χ2v) is 5.79. The van der Waals surface area contributed by atoms with E-state index in [1.165, 1.54) is 12.0 Å². The van der Waals surface area contributed by atoms with Gasteiger partial charge in [0.05, 0.1) is 6.54 Å². The molecule has 6 nitrogen and oxygen atoms in total. The first-order valence-corrected chi connectivity index (χ1v) is 8.49. The molecule has 0 saturated carbocycles. The molecule has 0 radical (unpaired) electrons. The molecule has 2 rings (SSSR count). The number of rotatable bonds is 9. The minimum Gasteiger partial charge on any atom is -0.452 e. The van der Waals surface area contributed by atoms with Gasteiger partial charge in [-0.15, -0.1) is 0 Å². The Morgan fingerprint density at radius 1 is 1.00 bits per heavy atom. The molecule has 0 fully saturated rings. The second-order valence-electron chi connectivity index (χ2n) is 5.79. The minimum absolute atomic E-state index is 0.224. The molecule has 2 aromatic rings. The number of nitrogens with two attached hydrogens (primary N) is 1. The molecule has 1 atom stereocenters. The molecule has 0 aliphatic rings. The highest BCUT2D eigenvalue weighted by Crippen LogP contribution is 2.13. The van der Waals surface area contributed by atoms with Crippen LogP contribution in [-0.2, 0) is 32.3 Å². The number of benzene rings is 2. The molecular formula is C20H24N2O4. The molecule has 0 aliphatic carbocycles. The zero-order valence-electron chi connectivity index (χ0n) is 14.8. The first kappa shape index (κ1) is 19.6. The van der Waals surface area contributed by atoms with Gasteiger partial charge in [-0.25, -0.2) is 5.06 Å². The van der Waals surface area contributed by atoms with Gasteiger partial charge in [0.25, 0.3) is 5.91 Å². The van der Waals surface area contributed by atoms with E-state index in [1.54, 1.807) is 0 Å². The Morgan fingerprint density at radius 2 is 1.58 bits per heavy atom. The van der Waals surface area contributed by atoms with Gasteiger partial charge in [0, 0.05) is 13.3 Å². The Morgan fingerprint density at radius 3 is 2.12 bits per heavy atom. The summed E-state index contributed by atoms with van der Waals surface area (Å²) in [5, 5.41) is 1.24. The standard InChI is InChI=1S/C20H24N2O4/c1-16(23)26-19(12-13-21)20(24)22(14-17-8-4-2-5-9-17)25-15-18-10-6-3-7-11-18/h2-11,19H,12-15,21H2,1H3. The Bertz CT molecular complexity index is 691. The summed E-state index contributed by atoms with van der Waals surface area (Å²) in [6, 6.07) is 19.0. The number of nitrogens with zero attached hydrogens (tertiary/aromatic N) is 1. The van der Waals surface area contributed by atoms with Gasteiger partial charge in [0.2, 0.25) is 0 Å². The number of carbonyl (C=O) groups excluding carboxylic acids is 2. The van der Waals surface area contributed by atoms with Crippen molar-refractivity contribution in [3.05, 3.63) is 71.8 Å². The summed E-state index contributed by atoms with van der Waals surface area (Å²) in [6.45, 7) is 1.97. The van der Waals surface area contributed by atoms with E-state index in [1.807, 2.05) is 60.7 Å². The third-order valence-corrected chi connectivity index (χ3v) is 3.66. The fourth-order valence-corrected chi connectivity index (χ4v) is 2.41. The average Bonchev–Trinajstić information content (AvgIpc) is 2.65. The van der Waals surface area contributed by atoms with E-state index in [0.29, 0.717) is 0 Å². The maximum atomic E-state index is 12.9. The lowest BCUT2D eigenvalue weighted by molar-refractivity contribution is -0.207. The minimum atomic E-state index is -0.961. The number of ether oxygens (including phenoxy) is 1. The van der Waals surface area contributed by atoms with Crippen LogP contribution in [0.1, 0.15) is 24.5 Å². The molecule has 6 heteroatoms. The zero-order chi connectivity index (χ0) is 18.8. The first-order chi connectivity index (χ1) is 12.6. The molecule has 1 unspecified atom stereocenters. The van der Waals surface area contributed by atoms with Gasteiger partial charge >= 0.3 is 5.97 Å². The molecule has 1 amide bonds. The van der Waals surface area contributed by atoms with Crippen molar-refractivity contribution in [1.82, 2.24) is 5.06 Å². The zero-order valence-corrected chi connectivity index (χ0v) is 14.8. The van der Waals surface area contributed by atoms with Crippen molar-refractivity contribution < 1.29 is 19.2 Å². The predicted octanol–water partition coefficient (Wildman–Crippen LogP) is 2.43. The molecular weight excluding hydrogens is 332 g/mol. The fraction of sp³-hybridized carbons (Fsp3) is 0.300. The van der Waals surface area contributed by atoms with Crippen molar-refractivity contribution in [2.75, 3.05) is 6.54 Å². The van der Waals surface area contributed by atoms with Gasteiger partial charge in [-0.05, 0) is 17.7 Å². The van der Waals surface area contributed by atoms with Crippen LogP contribution in [0.2, 0.25) is 0 Å².